The van der Waals surface area contributed by atoms with Gasteiger partial charge in [-0.2, -0.15) is 0 Å². The summed E-state index contributed by atoms with van der Waals surface area (Å²) in [7, 11) is -4.22. The lowest BCUT2D eigenvalue weighted by Gasteiger charge is -2.34. The van der Waals surface area contributed by atoms with E-state index in [-0.39, 0.29) is 35.5 Å². The fourth-order valence-electron chi connectivity index (χ4n) is 5.05. The van der Waals surface area contributed by atoms with Gasteiger partial charge in [0, 0.05) is 24.0 Å². The summed E-state index contributed by atoms with van der Waals surface area (Å²) in [4.78, 5) is 30.0. The van der Waals surface area contributed by atoms with E-state index in [1.807, 2.05) is 64.1 Å². The molecule has 47 heavy (non-hydrogen) atoms. The molecule has 0 fully saturated rings. The first kappa shape index (κ1) is 35.5. The molecule has 0 aliphatic carbocycles. The first-order valence-corrected chi connectivity index (χ1v) is 17.5. The predicted molar refractivity (Wildman–Crippen MR) is 187 cm³/mol. The van der Waals surface area contributed by atoms with Crippen LogP contribution in [-0.2, 0) is 32.6 Å². The third kappa shape index (κ3) is 9.36. The molecule has 0 saturated carbocycles. The van der Waals surface area contributed by atoms with Crippen LogP contribution in [0.2, 0.25) is 5.02 Å². The van der Waals surface area contributed by atoms with Crippen LogP contribution in [0.4, 0.5) is 5.69 Å². The second kappa shape index (κ2) is 16.5. The Morgan fingerprint density at radius 1 is 0.872 bits per heavy atom. The molecule has 0 unspecified atom stereocenters. The van der Waals surface area contributed by atoms with E-state index in [0.717, 1.165) is 15.4 Å². The van der Waals surface area contributed by atoms with Crippen molar-refractivity contribution in [2.45, 2.75) is 64.1 Å². The first-order chi connectivity index (χ1) is 22.5. The summed E-state index contributed by atoms with van der Waals surface area (Å²) in [5, 5.41) is 3.47. The van der Waals surface area contributed by atoms with Crippen molar-refractivity contribution in [1.29, 1.82) is 0 Å². The van der Waals surface area contributed by atoms with E-state index in [1.165, 1.54) is 17.0 Å². The number of benzene rings is 4. The molecule has 0 spiro atoms. The summed E-state index contributed by atoms with van der Waals surface area (Å²) in [5.74, 6) is -0.326. The minimum atomic E-state index is -4.22. The average molecular weight is 676 g/mol. The van der Waals surface area contributed by atoms with Gasteiger partial charge < -0.3 is 15.0 Å². The number of carbonyl (C=O) groups excluding carboxylic acids is 2. The Morgan fingerprint density at radius 3 is 2.13 bits per heavy atom. The summed E-state index contributed by atoms with van der Waals surface area (Å²) >= 11 is 6.58. The summed E-state index contributed by atoms with van der Waals surface area (Å²) in [6, 6.07) is 28.5. The molecule has 4 rings (SSSR count). The third-order valence-electron chi connectivity index (χ3n) is 7.89. The predicted octanol–water partition coefficient (Wildman–Crippen LogP) is 6.80. The van der Waals surface area contributed by atoms with Crippen LogP contribution in [0, 0.1) is 6.92 Å². The van der Waals surface area contributed by atoms with Crippen LogP contribution in [0.3, 0.4) is 0 Å². The third-order valence-corrected chi connectivity index (χ3v) is 10.1. The Kier molecular flexibility index (Phi) is 12.4. The van der Waals surface area contributed by atoms with Crippen LogP contribution in [0.1, 0.15) is 43.9 Å². The Bertz CT molecular complexity index is 1730. The SMILES string of the molecule is CCOc1ccc(N(CC(=O)N(Cc2ccccc2Cl)[C@@H](Cc2ccccc2)C(=O)N[C@H](C)CC)S(=O)(=O)c2ccc(C)cc2)cc1. The van der Waals surface area contributed by atoms with Crippen LogP contribution >= 0.6 is 11.6 Å². The maximum absolute atomic E-state index is 14.6. The van der Waals surface area contributed by atoms with Crippen molar-refractivity contribution in [2.75, 3.05) is 17.5 Å². The van der Waals surface area contributed by atoms with E-state index in [4.69, 9.17) is 16.3 Å². The Morgan fingerprint density at radius 2 is 1.51 bits per heavy atom. The first-order valence-electron chi connectivity index (χ1n) is 15.7. The quantitative estimate of drug-likeness (QED) is 0.150. The molecule has 4 aromatic carbocycles. The topological polar surface area (TPSA) is 96.0 Å². The highest BCUT2D eigenvalue weighted by molar-refractivity contribution is 7.92. The van der Waals surface area contributed by atoms with Gasteiger partial charge in [0.25, 0.3) is 10.0 Å². The molecule has 0 aromatic heterocycles. The van der Waals surface area contributed by atoms with Gasteiger partial charge >= 0.3 is 0 Å². The minimum absolute atomic E-state index is 0.00830. The number of hydrogen-bond donors (Lipinski definition) is 1. The van der Waals surface area contributed by atoms with Gasteiger partial charge in [0.2, 0.25) is 11.8 Å². The number of ether oxygens (including phenoxy) is 1. The molecular weight excluding hydrogens is 634 g/mol. The number of carbonyl (C=O) groups is 2. The van der Waals surface area contributed by atoms with E-state index in [2.05, 4.69) is 5.32 Å². The van der Waals surface area contributed by atoms with E-state index < -0.39 is 28.5 Å². The minimum Gasteiger partial charge on any atom is -0.494 e. The second-order valence-electron chi connectivity index (χ2n) is 11.4. The van der Waals surface area contributed by atoms with E-state index in [0.29, 0.717) is 29.4 Å². The molecule has 0 radical (unpaired) electrons. The van der Waals surface area contributed by atoms with Crippen molar-refractivity contribution >= 4 is 39.1 Å². The number of rotatable bonds is 15. The van der Waals surface area contributed by atoms with Crippen LogP contribution in [-0.4, -0.2) is 50.4 Å². The zero-order valence-corrected chi connectivity index (χ0v) is 28.8. The molecule has 0 bridgehead atoms. The standard InChI is InChI=1S/C37H42ClN3O5S/c1-5-28(4)39-37(43)35(24-29-12-8-7-9-13-29)40(25-30-14-10-11-15-34(30)38)36(42)26-41(31-18-20-32(21-19-31)46-6-2)47(44,45)33-22-16-27(3)17-23-33/h7-23,28,35H,5-6,24-26H2,1-4H3,(H,39,43)/t28-,35+/m1/s1. The lowest BCUT2D eigenvalue weighted by atomic mass is 10.0. The second-order valence-corrected chi connectivity index (χ2v) is 13.7. The zero-order valence-electron chi connectivity index (χ0n) is 27.2. The van der Waals surface area contributed by atoms with Gasteiger partial charge in [0.05, 0.1) is 17.2 Å². The van der Waals surface area contributed by atoms with E-state index >= 15 is 0 Å². The Labute approximate surface area is 283 Å². The van der Waals surface area contributed by atoms with Crippen molar-refractivity contribution in [3.63, 3.8) is 0 Å². The summed E-state index contributed by atoms with van der Waals surface area (Å²) in [5.41, 5.74) is 2.66. The fourth-order valence-corrected chi connectivity index (χ4v) is 6.66. The molecule has 2 amide bonds. The lowest BCUT2D eigenvalue weighted by Crippen LogP contribution is -2.54. The summed E-state index contributed by atoms with van der Waals surface area (Å²) in [6.45, 7) is 7.48. The molecule has 10 heteroatoms. The number of anilines is 1. The van der Waals surface area contributed by atoms with E-state index in [9.17, 15) is 18.0 Å². The monoisotopic (exact) mass is 675 g/mol. The summed E-state index contributed by atoms with van der Waals surface area (Å²) in [6.07, 6.45) is 0.912. The maximum atomic E-state index is 14.6. The molecular formula is C37H42ClN3O5S. The molecule has 0 aliphatic rings. The number of nitrogens with zero attached hydrogens (tertiary/aromatic N) is 2. The number of amides is 2. The molecule has 2 atom stereocenters. The number of nitrogens with one attached hydrogen (secondary N) is 1. The lowest BCUT2D eigenvalue weighted by molar-refractivity contribution is -0.140. The fraction of sp³-hybridized carbons (Fsp3) is 0.297. The van der Waals surface area contributed by atoms with Crippen molar-refractivity contribution in [3.8, 4) is 5.75 Å². The number of aryl methyl sites for hydroxylation is 1. The molecule has 0 saturated heterocycles. The highest BCUT2D eigenvalue weighted by Crippen LogP contribution is 2.28. The van der Waals surface area contributed by atoms with Gasteiger partial charge in [-0.05, 0) is 80.8 Å². The maximum Gasteiger partial charge on any atom is 0.264 e. The summed E-state index contributed by atoms with van der Waals surface area (Å²) < 4.78 is 35.1. The molecule has 248 valence electrons. The Hall–Kier alpha value is -4.34. The molecule has 4 aromatic rings. The molecule has 8 nitrogen and oxygen atoms in total. The zero-order chi connectivity index (χ0) is 34.0. The normalized spacial score (nSPS) is 12.5. The van der Waals surface area contributed by atoms with E-state index in [1.54, 1.807) is 54.6 Å². The van der Waals surface area contributed by atoms with Crippen molar-refractivity contribution in [1.82, 2.24) is 10.2 Å². The number of halogens is 1. The van der Waals surface area contributed by atoms with Crippen molar-refractivity contribution < 1.29 is 22.7 Å². The number of sulfonamides is 1. The van der Waals surface area contributed by atoms with Gasteiger partial charge in [-0.1, -0.05) is 84.8 Å². The molecule has 0 aliphatic heterocycles. The van der Waals surface area contributed by atoms with Crippen LogP contribution in [0.25, 0.3) is 0 Å². The van der Waals surface area contributed by atoms with Gasteiger partial charge in [0.15, 0.2) is 0 Å². The molecule has 1 N–H and O–H groups in total. The van der Waals surface area contributed by atoms with Gasteiger partial charge in [-0.25, -0.2) is 8.42 Å². The van der Waals surface area contributed by atoms with Crippen LogP contribution < -0.4 is 14.4 Å². The van der Waals surface area contributed by atoms with Crippen molar-refractivity contribution in [3.05, 3.63) is 125 Å². The average Bonchev–Trinajstić information content (AvgIpc) is 3.07. The smallest absolute Gasteiger partial charge is 0.264 e. The number of hydrogen-bond acceptors (Lipinski definition) is 5. The van der Waals surface area contributed by atoms with Gasteiger partial charge in [-0.15, -0.1) is 0 Å². The van der Waals surface area contributed by atoms with Crippen LogP contribution in [0.5, 0.6) is 5.75 Å². The molecule has 0 heterocycles. The van der Waals surface area contributed by atoms with Gasteiger partial charge in [0.1, 0.15) is 18.3 Å². The van der Waals surface area contributed by atoms with Crippen LogP contribution in [0.15, 0.2) is 108 Å². The Balaban J connectivity index is 1.81. The highest BCUT2D eigenvalue weighted by atomic mass is 35.5. The highest BCUT2D eigenvalue weighted by Gasteiger charge is 2.35. The van der Waals surface area contributed by atoms with Crippen molar-refractivity contribution in [2.24, 2.45) is 0 Å². The van der Waals surface area contributed by atoms with Gasteiger partial charge in [-0.3, -0.25) is 13.9 Å². The largest absolute Gasteiger partial charge is 0.494 e.